The molecular weight excluding hydrogens is 288 g/mol. The molecular formula is C12H19ClN2O3S. The van der Waals surface area contributed by atoms with Crippen molar-refractivity contribution in [1.82, 2.24) is 9.62 Å². The molecule has 0 bridgehead atoms. The summed E-state index contributed by atoms with van der Waals surface area (Å²) in [6, 6.07) is 3.85. The van der Waals surface area contributed by atoms with Crippen molar-refractivity contribution in [2.24, 2.45) is 5.92 Å². The summed E-state index contributed by atoms with van der Waals surface area (Å²) in [6.07, 6.45) is 2.07. The highest BCUT2D eigenvalue weighted by Gasteiger charge is 2.30. The van der Waals surface area contributed by atoms with Crippen LogP contribution < -0.4 is 5.32 Å². The molecule has 7 heteroatoms. The highest BCUT2D eigenvalue weighted by Crippen LogP contribution is 2.20. The Labute approximate surface area is 119 Å². The number of hydrogen-bond donors (Lipinski definition) is 1. The van der Waals surface area contributed by atoms with E-state index in [1.54, 1.807) is 10.4 Å². The first-order chi connectivity index (χ1) is 8.86. The third-order valence-electron chi connectivity index (χ3n) is 3.50. The van der Waals surface area contributed by atoms with Crippen LogP contribution >= 0.6 is 11.6 Å². The summed E-state index contributed by atoms with van der Waals surface area (Å²) in [5.41, 5.74) is 0. The molecule has 0 saturated carbocycles. The van der Waals surface area contributed by atoms with E-state index >= 15 is 0 Å². The molecule has 2 unspecified atom stereocenters. The Morgan fingerprint density at radius 2 is 2.26 bits per heavy atom. The second kappa shape index (κ2) is 5.83. The van der Waals surface area contributed by atoms with Gasteiger partial charge in [-0.3, -0.25) is 0 Å². The van der Waals surface area contributed by atoms with Gasteiger partial charge in [0.25, 0.3) is 0 Å². The van der Waals surface area contributed by atoms with E-state index in [4.69, 9.17) is 16.0 Å². The predicted molar refractivity (Wildman–Crippen MR) is 74.5 cm³/mol. The summed E-state index contributed by atoms with van der Waals surface area (Å²) in [5.74, 6) is 1.07. The molecule has 1 aromatic heterocycles. The van der Waals surface area contributed by atoms with E-state index < -0.39 is 10.0 Å². The van der Waals surface area contributed by atoms with E-state index in [9.17, 15) is 8.42 Å². The zero-order valence-electron chi connectivity index (χ0n) is 11.1. The van der Waals surface area contributed by atoms with Crippen LogP contribution in [0.4, 0.5) is 0 Å². The fourth-order valence-corrected chi connectivity index (χ4v) is 3.50. The highest BCUT2D eigenvalue weighted by molar-refractivity contribution is 7.88. The van der Waals surface area contributed by atoms with E-state index in [1.165, 1.54) is 6.26 Å². The maximum absolute atomic E-state index is 11.5. The Bertz CT molecular complexity index is 529. The molecule has 1 saturated heterocycles. The van der Waals surface area contributed by atoms with Crippen LogP contribution in [-0.2, 0) is 16.6 Å². The number of rotatable bonds is 4. The number of hydrogen-bond acceptors (Lipinski definition) is 4. The number of halogens is 1. The normalized spacial score (nSPS) is 25.6. The van der Waals surface area contributed by atoms with Gasteiger partial charge >= 0.3 is 0 Å². The minimum absolute atomic E-state index is 0.272. The number of sulfonamides is 1. The quantitative estimate of drug-likeness (QED) is 0.919. The van der Waals surface area contributed by atoms with Gasteiger partial charge in [-0.2, -0.15) is 0 Å². The van der Waals surface area contributed by atoms with Gasteiger partial charge in [0.05, 0.1) is 12.8 Å². The van der Waals surface area contributed by atoms with Crippen LogP contribution in [0.2, 0.25) is 5.22 Å². The molecule has 0 amide bonds. The SMILES string of the molecule is CC1CN(S(C)(=O)=O)CCC1NCc1ccc(Cl)o1. The molecule has 0 radical (unpaired) electrons. The lowest BCUT2D eigenvalue weighted by atomic mass is 9.95. The monoisotopic (exact) mass is 306 g/mol. The summed E-state index contributed by atoms with van der Waals surface area (Å²) in [4.78, 5) is 0. The minimum Gasteiger partial charge on any atom is -0.448 e. The Hall–Kier alpha value is -0.560. The third-order valence-corrected chi connectivity index (χ3v) is 4.98. The van der Waals surface area contributed by atoms with Crippen LogP contribution in [0.3, 0.4) is 0 Å². The van der Waals surface area contributed by atoms with Gasteiger partial charge in [0.1, 0.15) is 5.76 Å². The van der Waals surface area contributed by atoms with Crippen molar-refractivity contribution in [1.29, 1.82) is 0 Å². The van der Waals surface area contributed by atoms with Gasteiger partial charge in [-0.05, 0) is 36.1 Å². The molecule has 2 rings (SSSR count). The smallest absolute Gasteiger partial charge is 0.211 e. The van der Waals surface area contributed by atoms with E-state index in [1.807, 2.05) is 6.07 Å². The average molecular weight is 307 g/mol. The van der Waals surface area contributed by atoms with Crippen LogP contribution in [-0.4, -0.2) is 38.1 Å². The fraction of sp³-hybridized carbons (Fsp3) is 0.667. The molecule has 1 aromatic rings. The summed E-state index contributed by atoms with van der Waals surface area (Å²) >= 11 is 5.71. The molecule has 0 aliphatic carbocycles. The lowest BCUT2D eigenvalue weighted by Gasteiger charge is -2.35. The second-order valence-electron chi connectivity index (χ2n) is 5.08. The van der Waals surface area contributed by atoms with E-state index in [-0.39, 0.29) is 5.92 Å². The van der Waals surface area contributed by atoms with Gasteiger partial charge < -0.3 is 9.73 Å². The maximum atomic E-state index is 11.5. The van der Waals surface area contributed by atoms with Crippen LogP contribution in [0.25, 0.3) is 0 Å². The van der Waals surface area contributed by atoms with E-state index in [0.29, 0.717) is 30.9 Å². The molecule has 1 aliphatic rings. The van der Waals surface area contributed by atoms with E-state index in [0.717, 1.165) is 12.2 Å². The Morgan fingerprint density at radius 3 is 2.79 bits per heavy atom. The van der Waals surface area contributed by atoms with Gasteiger partial charge in [0.15, 0.2) is 5.22 Å². The first kappa shape index (κ1) is 14.8. The largest absolute Gasteiger partial charge is 0.448 e. The Kier molecular flexibility index (Phi) is 4.55. The fourth-order valence-electron chi connectivity index (χ4n) is 2.39. The first-order valence-corrected chi connectivity index (χ1v) is 8.51. The molecule has 1 aliphatic heterocycles. The summed E-state index contributed by atoms with van der Waals surface area (Å²) in [6.45, 7) is 3.81. The topological polar surface area (TPSA) is 62.6 Å². The van der Waals surface area contributed by atoms with Crippen molar-refractivity contribution < 1.29 is 12.8 Å². The Morgan fingerprint density at radius 1 is 1.53 bits per heavy atom. The standard InChI is InChI=1S/C12H19ClN2O3S/c1-9-8-15(19(2,16)17)6-5-11(9)14-7-10-3-4-12(13)18-10/h3-4,9,11,14H,5-8H2,1-2H3. The zero-order valence-corrected chi connectivity index (χ0v) is 12.7. The van der Waals surface area contributed by atoms with Crippen molar-refractivity contribution in [3.63, 3.8) is 0 Å². The summed E-state index contributed by atoms with van der Waals surface area (Å²) in [7, 11) is -3.08. The predicted octanol–water partition coefficient (Wildman–Crippen LogP) is 1.69. The molecule has 1 N–H and O–H groups in total. The first-order valence-electron chi connectivity index (χ1n) is 6.29. The molecule has 2 atom stereocenters. The van der Waals surface area contributed by atoms with Crippen LogP contribution in [0, 0.1) is 5.92 Å². The lowest BCUT2D eigenvalue weighted by molar-refractivity contribution is 0.217. The molecule has 0 spiro atoms. The van der Waals surface area contributed by atoms with Crippen LogP contribution in [0.5, 0.6) is 0 Å². The van der Waals surface area contributed by atoms with Crippen LogP contribution in [0.15, 0.2) is 16.5 Å². The Balaban J connectivity index is 1.86. The third kappa shape index (κ3) is 3.95. The number of nitrogens with zero attached hydrogens (tertiary/aromatic N) is 1. The van der Waals surface area contributed by atoms with Gasteiger partial charge in [0, 0.05) is 19.1 Å². The molecule has 2 heterocycles. The maximum Gasteiger partial charge on any atom is 0.211 e. The minimum atomic E-state index is -3.08. The van der Waals surface area contributed by atoms with Crippen molar-refractivity contribution in [3.05, 3.63) is 23.1 Å². The molecule has 19 heavy (non-hydrogen) atoms. The van der Waals surface area contributed by atoms with Crippen molar-refractivity contribution in [3.8, 4) is 0 Å². The number of nitrogens with one attached hydrogen (secondary N) is 1. The molecule has 0 aromatic carbocycles. The van der Waals surface area contributed by atoms with E-state index in [2.05, 4.69) is 12.2 Å². The second-order valence-corrected chi connectivity index (χ2v) is 7.44. The van der Waals surface area contributed by atoms with Gasteiger partial charge in [-0.25, -0.2) is 12.7 Å². The molecule has 5 nitrogen and oxygen atoms in total. The average Bonchev–Trinajstić information content (AvgIpc) is 2.72. The number of piperidine rings is 1. The summed E-state index contributed by atoms with van der Waals surface area (Å²) < 4.78 is 29.8. The van der Waals surface area contributed by atoms with Crippen molar-refractivity contribution in [2.45, 2.75) is 25.9 Å². The highest BCUT2D eigenvalue weighted by atomic mass is 35.5. The lowest BCUT2D eigenvalue weighted by Crippen LogP contribution is -2.49. The number of furan rings is 1. The van der Waals surface area contributed by atoms with Crippen molar-refractivity contribution in [2.75, 3.05) is 19.3 Å². The van der Waals surface area contributed by atoms with Gasteiger partial charge in [0.2, 0.25) is 10.0 Å². The molecule has 1 fully saturated rings. The van der Waals surface area contributed by atoms with Gasteiger partial charge in [-0.15, -0.1) is 0 Å². The van der Waals surface area contributed by atoms with Crippen molar-refractivity contribution >= 4 is 21.6 Å². The molecule has 108 valence electrons. The van der Waals surface area contributed by atoms with Crippen LogP contribution in [0.1, 0.15) is 19.1 Å². The zero-order chi connectivity index (χ0) is 14.0. The summed E-state index contributed by atoms with van der Waals surface area (Å²) in [5, 5.41) is 3.78. The van der Waals surface area contributed by atoms with Gasteiger partial charge in [-0.1, -0.05) is 6.92 Å².